The first-order valence-electron chi connectivity index (χ1n) is 4.82. The highest BCUT2D eigenvalue weighted by atomic mass is 28.4. The van der Waals surface area contributed by atoms with Crippen molar-refractivity contribution >= 4 is 14.8 Å². The third-order valence-corrected chi connectivity index (χ3v) is 4.86. The Hall–Kier alpha value is -0.913. The first-order valence-corrected chi connectivity index (χ1v) is 6.75. The van der Waals surface area contributed by atoms with Gasteiger partial charge >= 0.3 is 14.8 Å². The average molecular weight is 246 g/mol. The first kappa shape index (κ1) is 15.1. The van der Waals surface area contributed by atoms with Crippen LogP contribution in [0.25, 0.3) is 0 Å². The molecule has 0 aromatic rings. The molecule has 0 saturated heterocycles. The van der Waals surface area contributed by atoms with Crippen LogP contribution in [0.4, 0.5) is 0 Å². The lowest BCUT2D eigenvalue weighted by molar-refractivity contribution is -0.137. The summed E-state index contributed by atoms with van der Waals surface area (Å²) in [4.78, 5) is 10.9. The van der Waals surface area contributed by atoms with Crippen LogP contribution < -0.4 is 0 Å². The quantitative estimate of drug-likeness (QED) is 0.211. The predicted octanol–water partition coefficient (Wildman–Crippen LogP) is 1.14. The molecule has 16 heavy (non-hydrogen) atoms. The van der Waals surface area contributed by atoms with E-state index in [1.807, 2.05) is 0 Å². The molecular weight excluding hydrogens is 228 g/mol. The van der Waals surface area contributed by atoms with Gasteiger partial charge in [-0.15, -0.1) is 5.73 Å². The summed E-state index contributed by atoms with van der Waals surface area (Å²) in [7, 11) is 2.10. The molecule has 0 radical (unpaired) electrons. The number of rotatable bonds is 8. The molecule has 0 aliphatic heterocycles. The Morgan fingerprint density at radius 3 is 2.31 bits per heavy atom. The minimum atomic E-state index is -2.54. The van der Waals surface area contributed by atoms with Gasteiger partial charge in [0, 0.05) is 27.4 Å². The Kier molecular flexibility index (Phi) is 7.79. The number of carbonyl (C=O) groups is 1. The third-order valence-electron chi connectivity index (χ3n) is 2.02. The van der Waals surface area contributed by atoms with Gasteiger partial charge in [-0.05, 0) is 6.42 Å². The van der Waals surface area contributed by atoms with Crippen LogP contribution in [0.2, 0.25) is 6.04 Å². The molecule has 0 N–H and O–H groups in total. The van der Waals surface area contributed by atoms with E-state index in [1.165, 1.54) is 0 Å². The molecule has 0 rings (SSSR count). The van der Waals surface area contributed by atoms with Crippen LogP contribution >= 0.6 is 0 Å². The smallest absolute Gasteiger partial charge is 0.462 e. The van der Waals surface area contributed by atoms with E-state index in [4.69, 9.17) is 18.0 Å². The molecule has 0 amide bonds. The van der Waals surface area contributed by atoms with Crippen LogP contribution in [0.3, 0.4) is 0 Å². The van der Waals surface area contributed by atoms with Gasteiger partial charge in [0.2, 0.25) is 0 Å². The highest BCUT2D eigenvalue weighted by molar-refractivity contribution is 6.60. The normalized spacial score (nSPS) is 10.7. The van der Waals surface area contributed by atoms with Gasteiger partial charge < -0.3 is 18.0 Å². The molecule has 0 saturated carbocycles. The Balaban J connectivity index is 3.87. The van der Waals surface area contributed by atoms with Crippen molar-refractivity contribution in [3.05, 3.63) is 18.4 Å². The molecule has 0 heterocycles. The zero-order valence-electron chi connectivity index (χ0n) is 9.95. The molecule has 0 fully saturated rings. The standard InChI is InChI=1S/C10H18O5Si/c1-5-7-10(11)15-8-6-9-16(12-2,13-3)14-4/h7H,1,6,8-9H2,2-4H3. The Morgan fingerprint density at radius 1 is 1.31 bits per heavy atom. The van der Waals surface area contributed by atoms with E-state index in [2.05, 4.69) is 12.3 Å². The van der Waals surface area contributed by atoms with Gasteiger partial charge in [-0.3, -0.25) is 0 Å². The van der Waals surface area contributed by atoms with Crippen LogP contribution in [0.5, 0.6) is 0 Å². The van der Waals surface area contributed by atoms with Crippen molar-refractivity contribution in [1.82, 2.24) is 0 Å². The van der Waals surface area contributed by atoms with Gasteiger partial charge in [-0.1, -0.05) is 6.58 Å². The molecule has 0 unspecified atom stereocenters. The van der Waals surface area contributed by atoms with E-state index in [0.717, 1.165) is 6.08 Å². The fourth-order valence-electron chi connectivity index (χ4n) is 1.14. The molecule has 5 nitrogen and oxygen atoms in total. The highest BCUT2D eigenvalue weighted by Gasteiger charge is 2.36. The van der Waals surface area contributed by atoms with Crippen molar-refractivity contribution < 1.29 is 22.8 Å². The topological polar surface area (TPSA) is 54.0 Å². The van der Waals surface area contributed by atoms with Crippen molar-refractivity contribution in [2.24, 2.45) is 0 Å². The van der Waals surface area contributed by atoms with Crippen molar-refractivity contribution in [3.63, 3.8) is 0 Å². The molecule has 92 valence electrons. The molecule has 0 aromatic carbocycles. The van der Waals surface area contributed by atoms with Gasteiger partial charge in [-0.2, -0.15) is 0 Å². The monoisotopic (exact) mass is 246 g/mol. The van der Waals surface area contributed by atoms with Crippen LogP contribution in [0.1, 0.15) is 6.42 Å². The number of carbonyl (C=O) groups excluding carboxylic acids is 1. The maximum Gasteiger partial charge on any atom is 0.500 e. The molecule has 0 aliphatic rings. The van der Waals surface area contributed by atoms with Crippen LogP contribution in [0, 0.1) is 0 Å². The number of hydrogen-bond acceptors (Lipinski definition) is 5. The summed E-state index contributed by atoms with van der Waals surface area (Å²) in [6.07, 6.45) is 1.77. The Morgan fingerprint density at radius 2 is 1.88 bits per heavy atom. The fourth-order valence-corrected chi connectivity index (χ4v) is 2.83. The summed E-state index contributed by atoms with van der Waals surface area (Å²) >= 11 is 0. The average Bonchev–Trinajstić information content (AvgIpc) is 2.31. The van der Waals surface area contributed by atoms with Crippen LogP contribution in [-0.4, -0.2) is 42.7 Å². The second kappa shape index (κ2) is 8.26. The SMILES string of the molecule is C=C=CC(=O)OCCC[Si](OC)(OC)OC. The predicted molar refractivity (Wildman–Crippen MR) is 60.9 cm³/mol. The molecule has 0 aromatic heterocycles. The van der Waals surface area contributed by atoms with E-state index in [1.54, 1.807) is 21.3 Å². The lowest BCUT2D eigenvalue weighted by atomic mass is 10.5. The summed E-state index contributed by atoms with van der Waals surface area (Å²) in [5.74, 6) is -0.450. The summed E-state index contributed by atoms with van der Waals surface area (Å²) in [5, 5.41) is 0. The zero-order valence-corrected chi connectivity index (χ0v) is 10.9. The largest absolute Gasteiger partial charge is 0.500 e. The van der Waals surface area contributed by atoms with E-state index in [0.29, 0.717) is 19.1 Å². The first-order chi connectivity index (χ1) is 7.64. The van der Waals surface area contributed by atoms with Gasteiger partial charge in [0.25, 0.3) is 0 Å². The molecule has 0 atom stereocenters. The number of ether oxygens (including phenoxy) is 1. The van der Waals surface area contributed by atoms with Gasteiger partial charge in [0.1, 0.15) is 0 Å². The summed E-state index contributed by atoms with van der Waals surface area (Å²) in [5.41, 5.74) is 2.34. The zero-order chi connectivity index (χ0) is 12.4. The van der Waals surface area contributed by atoms with E-state index < -0.39 is 14.8 Å². The second-order valence-corrected chi connectivity index (χ2v) is 6.01. The Bertz CT molecular complexity index is 248. The minimum absolute atomic E-state index is 0.293. The maximum atomic E-state index is 10.9. The van der Waals surface area contributed by atoms with Gasteiger partial charge in [0.05, 0.1) is 12.7 Å². The number of hydrogen-bond donors (Lipinski definition) is 0. The van der Waals surface area contributed by atoms with Crippen molar-refractivity contribution in [2.75, 3.05) is 27.9 Å². The van der Waals surface area contributed by atoms with Gasteiger partial charge in [0.15, 0.2) is 0 Å². The summed E-state index contributed by atoms with van der Waals surface area (Å²) in [6, 6.07) is 0.599. The lowest BCUT2D eigenvalue weighted by Gasteiger charge is -2.23. The molecule has 6 heteroatoms. The van der Waals surface area contributed by atoms with E-state index in [-0.39, 0.29) is 0 Å². The summed E-state index contributed by atoms with van der Waals surface area (Å²) in [6.45, 7) is 3.57. The third kappa shape index (κ3) is 5.25. The molecule has 0 bridgehead atoms. The maximum absolute atomic E-state index is 10.9. The molecule has 0 aliphatic carbocycles. The lowest BCUT2D eigenvalue weighted by Crippen LogP contribution is -2.42. The van der Waals surface area contributed by atoms with Crippen molar-refractivity contribution in [1.29, 1.82) is 0 Å². The van der Waals surface area contributed by atoms with E-state index in [9.17, 15) is 4.79 Å². The van der Waals surface area contributed by atoms with Crippen LogP contribution in [0.15, 0.2) is 18.4 Å². The van der Waals surface area contributed by atoms with Gasteiger partial charge in [-0.25, -0.2) is 4.79 Å². The minimum Gasteiger partial charge on any atom is -0.462 e. The Labute approximate surface area is 97.0 Å². The summed E-state index contributed by atoms with van der Waals surface area (Å²) < 4.78 is 20.5. The second-order valence-electron chi connectivity index (χ2n) is 2.91. The fraction of sp³-hybridized carbons (Fsp3) is 0.600. The highest BCUT2D eigenvalue weighted by Crippen LogP contribution is 2.14. The van der Waals surface area contributed by atoms with Crippen LogP contribution in [-0.2, 0) is 22.8 Å². The molecular formula is C10H18O5Si. The van der Waals surface area contributed by atoms with Crippen molar-refractivity contribution in [2.45, 2.75) is 12.5 Å². The van der Waals surface area contributed by atoms with Crippen molar-refractivity contribution in [3.8, 4) is 0 Å². The van der Waals surface area contributed by atoms with E-state index >= 15 is 0 Å². The number of esters is 1. The molecule has 0 spiro atoms.